The van der Waals surface area contributed by atoms with Gasteiger partial charge >= 0.3 is 0 Å². The molecule has 0 N–H and O–H groups in total. The molecule has 3 aromatic heterocycles. The molecule has 0 aliphatic heterocycles. The smallest absolute Gasteiger partial charge is 0.0823 e. The summed E-state index contributed by atoms with van der Waals surface area (Å²) in [6, 6.07) is 23.2. The van der Waals surface area contributed by atoms with Gasteiger partial charge in [-0.1, -0.05) is 89.6 Å². The van der Waals surface area contributed by atoms with E-state index in [1.165, 1.54) is 70.9 Å². The molecule has 0 spiro atoms. The molecule has 37 heavy (non-hydrogen) atoms. The SMILES string of the molecule is Cc1ccc2c(CC(C)(C)C)c3c(cc2c1)c1nccc2ccc4c5ccc(C(C)(C)C)cc5n3c4c21. The number of nitrogens with zero attached hydrogens (tertiary/aromatic N) is 2. The molecule has 0 saturated heterocycles. The highest BCUT2D eigenvalue weighted by Gasteiger charge is 2.25. The van der Waals surface area contributed by atoms with Crippen LogP contribution < -0.4 is 0 Å². The average molecular weight is 483 g/mol. The number of aryl methyl sites for hydroxylation is 1. The summed E-state index contributed by atoms with van der Waals surface area (Å²) in [6.07, 6.45) is 2.97. The molecule has 0 fully saturated rings. The lowest BCUT2D eigenvalue weighted by atomic mass is 9.84. The van der Waals surface area contributed by atoms with Crippen molar-refractivity contribution in [2.75, 3.05) is 0 Å². The van der Waals surface area contributed by atoms with Crippen LogP contribution in [0.1, 0.15) is 58.2 Å². The highest BCUT2D eigenvalue weighted by atomic mass is 14.9. The molecule has 4 aromatic carbocycles. The van der Waals surface area contributed by atoms with Gasteiger partial charge in [0.05, 0.1) is 22.1 Å². The molecule has 0 amide bonds. The van der Waals surface area contributed by atoms with Crippen LogP contribution in [0, 0.1) is 12.3 Å². The van der Waals surface area contributed by atoms with E-state index in [4.69, 9.17) is 4.98 Å². The lowest BCUT2D eigenvalue weighted by molar-refractivity contribution is 0.413. The van der Waals surface area contributed by atoms with Crippen LogP contribution in [0.5, 0.6) is 0 Å². The Morgan fingerprint density at radius 2 is 1.46 bits per heavy atom. The Morgan fingerprint density at radius 1 is 0.703 bits per heavy atom. The number of hydrogen-bond acceptors (Lipinski definition) is 1. The van der Waals surface area contributed by atoms with Crippen LogP contribution in [-0.4, -0.2) is 9.38 Å². The predicted octanol–water partition coefficient (Wildman–Crippen LogP) is 9.73. The van der Waals surface area contributed by atoms with Crippen LogP contribution in [0.25, 0.3) is 59.8 Å². The maximum Gasteiger partial charge on any atom is 0.0823 e. The molecule has 0 atom stereocenters. The lowest BCUT2D eigenvalue weighted by Crippen LogP contribution is -2.12. The molecule has 2 nitrogen and oxygen atoms in total. The number of aromatic nitrogens is 2. The number of benzene rings is 4. The van der Waals surface area contributed by atoms with Gasteiger partial charge in [0.2, 0.25) is 0 Å². The molecule has 7 aromatic rings. The molecule has 184 valence electrons. The van der Waals surface area contributed by atoms with Crippen LogP contribution >= 0.6 is 0 Å². The van der Waals surface area contributed by atoms with Crippen molar-refractivity contribution in [3.63, 3.8) is 0 Å². The van der Waals surface area contributed by atoms with Crippen LogP contribution in [0.2, 0.25) is 0 Å². The van der Waals surface area contributed by atoms with Gasteiger partial charge in [0.15, 0.2) is 0 Å². The number of hydrogen-bond donors (Lipinski definition) is 0. The molecule has 0 aliphatic carbocycles. The third-order valence-electron chi connectivity index (χ3n) is 8.08. The van der Waals surface area contributed by atoms with Crippen molar-refractivity contribution in [3.05, 3.63) is 83.6 Å². The van der Waals surface area contributed by atoms with Gasteiger partial charge in [0.25, 0.3) is 0 Å². The van der Waals surface area contributed by atoms with Gasteiger partial charge in [-0.25, -0.2) is 0 Å². The van der Waals surface area contributed by atoms with Gasteiger partial charge in [0, 0.05) is 27.7 Å². The van der Waals surface area contributed by atoms with E-state index in [9.17, 15) is 0 Å². The second-order valence-corrected chi connectivity index (χ2v) is 13.3. The molecule has 0 aliphatic rings. The lowest BCUT2D eigenvalue weighted by Gasteiger charge is -2.23. The van der Waals surface area contributed by atoms with Crippen molar-refractivity contribution in [1.29, 1.82) is 0 Å². The first-order valence-electron chi connectivity index (χ1n) is 13.4. The largest absolute Gasteiger partial charge is 0.308 e. The topological polar surface area (TPSA) is 17.3 Å². The quantitative estimate of drug-likeness (QED) is 0.168. The van der Waals surface area contributed by atoms with E-state index >= 15 is 0 Å². The molecule has 0 saturated carbocycles. The van der Waals surface area contributed by atoms with E-state index < -0.39 is 0 Å². The van der Waals surface area contributed by atoms with Gasteiger partial charge in [0.1, 0.15) is 0 Å². The summed E-state index contributed by atoms with van der Waals surface area (Å²) >= 11 is 0. The Hall–Kier alpha value is -3.65. The third-order valence-corrected chi connectivity index (χ3v) is 8.08. The maximum atomic E-state index is 5.04. The number of pyridine rings is 2. The molecular formula is C35H34N2. The Kier molecular flexibility index (Phi) is 4.40. The Bertz CT molecular complexity index is 2020. The van der Waals surface area contributed by atoms with E-state index in [1.54, 1.807) is 0 Å². The summed E-state index contributed by atoms with van der Waals surface area (Å²) in [5.41, 5.74) is 9.33. The van der Waals surface area contributed by atoms with Crippen molar-refractivity contribution in [1.82, 2.24) is 9.38 Å². The summed E-state index contributed by atoms with van der Waals surface area (Å²) in [5, 5.41) is 9.07. The third kappa shape index (κ3) is 3.21. The Balaban J connectivity index is 1.85. The van der Waals surface area contributed by atoms with E-state index in [-0.39, 0.29) is 10.8 Å². The molecule has 0 unspecified atom stereocenters. The molecule has 0 bridgehead atoms. The second-order valence-electron chi connectivity index (χ2n) is 13.3. The zero-order valence-electron chi connectivity index (χ0n) is 23.0. The Labute approximate surface area is 218 Å². The minimum Gasteiger partial charge on any atom is -0.308 e. The molecular weight excluding hydrogens is 448 g/mol. The van der Waals surface area contributed by atoms with Crippen LogP contribution in [0.15, 0.2) is 66.9 Å². The molecule has 3 heterocycles. The highest BCUT2D eigenvalue weighted by molar-refractivity contribution is 6.28. The van der Waals surface area contributed by atoms with Crippen molar-refractivity contribution in [3.8, 4) is 0 Å². The van der Waals surface area contributed by atoms with Gasteiger partial charge in [-0.2, -0.15) is 0 Å². The van der Waals surface area contributed by atoms with E-state index in [0.717, 1.165) is 11.9 Å². The van der Waals surface area contributed by atoms with E-state index in [2.05, 4.69) is 114 Å². The van der Waals surface area contributed by atoms with Gasteiger partial charge in [-0.3, -0.25) is 4.98 Å². The minimum absolute atomic E-state index is 0.0758. The Morgan fingerprint density at radius 3 is 2.22 bits per heavy atom. The fourth-order valence-corrected chi connectivity index (χ4v) is 6.40. The van der Waals surface area contributed by atoms with Crippen LogP contribution in [0.4, 0.5) is 0 Å². The van der Waals surface area contributed by atoms with E-state index in [1.807, 2.05) is 6.20 Å². The fraction of sp³-hybridized carbons (Fsp3) is 0.286. The zero-order valence-corrected chi connectivity index (χ0v) is 23.0. The maximum absolute atomic E-state index is 5.04. The highest BCUT2D eigenvalue weighted by Crippen LogP contribution is 2.44. The minimum atomic E-state index is 0.0758. The zero-order chi connectivity index (χ0) is 25.9. The molecule has 0 radical (unpaired) electrons. The fourth-order valence-electron chi connectivity index (χ4n) is 6.40. The average Bonchev–Trinajstić information content (AvgIpc) is 3.16. The first-order valence-corrected chi connectivity index (χ1v) is 13.4. The predicted molar refractivity (Wildman–Crippen MR) is 161 cm³/mol. The summed E-state index contributed by atoms with van der Waals surface area (Å²) in [5.74, 6) is 0. The standard InChI is InChI=1S/C35H34N2/c1-20-8-11-24-22(16-20)17-27-31-30-21(14-15-36-31)9-12-26-25-13-10-23(35(5,6)7)18-29(25)37(33(26)30)32(27)28(24)19-34(2,3)4/h8-18H,19H2,1-7H3. The monoisotopic (exact) mass is 482 g/mol. The van der Waals surface area contributed by atoms with Crippen LogP contribution in [-0.2, 0) is 11.8 Å². The second kappa shape index (κ2) is 7.22. The normalized spacial score (nSPS) is 13.4. The van der Waals surface area contributed by atoms with Crippen LogP contribution in [0.3, 0.4) is 0 Å². The van der Waals surface area contributed by atoms with E-state index in [0.29, 0.717) is 0 Å². The van der Waals surface area contributed by atoms with Crippen molar-refractivity contribution >= 4 is 59.8 Å². The first-order chi connectivity index (χ1) is 17.5. The van der Waals surface area contributed by atoms with Crippen molar-refractivity contribution < 1.29 is 0 Å². The van der Waals surface area contributed by atoms with Gasteiger partial charge in [-0.05, 0) is 69.7 Å². The number of rotatable bonds is 1. The van der Waals surface area contributed by atoms with Gasteiger partial charge < -0.3 is 4.40 Å². The first kappa shape index (κ1) is 22.5. The summed E-state index contributed by atoms with van der Waals surface area (Å²) in [6.45, 7) is 16.2. The van der Waals surface area contributed by atoms with Gasteiger partial charge in [-0.15, -0.1) is 0 Å². The van der Waals surface area contributed by atoms with Crippen molar-refractivity contribution in [2.24, 2.45) is 5.41 Å². The molecule has 2 heteroatoms. The molecule has 7 rings (SSSR count). The number of fused-ring (bicyclic) bond motifs is 7. The summed E-state index contributed by atoms with van der Waals surface area (Å²) in [4.78, 5) is 5.04. The summed E-state index contributed by atoms with van der Waals surface area (Å²) < 4.78 is 2.59. The van der Waals surface area contributed by atoms with Crippen molar-refractivity contribution in [2.45, 2.75) is 60.3 Å². The summed E-state index contributed by atoms with van der Waals surface area (Å²) in [7, 11) is 0.